The van der Waals surface area contributed by atoms with Crippen LogP contribution in [0, 0.1) is 0 Å². The Bertz CT molecular complexity index is 575. The van der Waals surface area contributed by atoms with Crippen LogP contribution in [-0.2, 0) is 4.74 Å². The van der Waals surface area contributed by atoms with Crippen LogP contribution in [0.1, 0.15) is 37.0 Å². The molecule has 126 valence electrons. The van der Waals surface area contributed by atoms with Gasteiger partial charge in [-0.1, -0.05) is 72.8 Å². The van der Waals surface area contributed by atoms with Crippen molar-refractivity contribution in [2.45, 2.75) is 32.0 Å². The molecule has 1 fully saturated rings. The Labute approximate surface area is 145 Å². The van der Waals surface area contributed by atoms with Crippen molar-refractivity contribution in [1.82, 2.24) is 4.90 Å². The Morgan fingerprint density at radius 1 is 0.958 bits per heavy atom. The van der Waals surface area contributed by atoms with Crippen molar-refractivity contribution in [3.8, 4) is 0 Å². The molecule has 1 aliphatic rings. The number of rotatable bonds is 6. The van der Waals surface area contributed by atoms with Crippen LogP contribution >= 0.6 is 0 Å². The molecule has 0 atom stereocenters. The average Bonchev–Trinajstić information content (AvgIpc) is 2.67. The number of likely N-dealkylation sites (tertiary alicyclic amines) is 1. The standard InChI is InChI=1S/C22H27NO/c1-2-3-16-23-17-14-21(15-18-23)24-22(19-10-6-4-7-11-19)20-12-8-5-9-13-20/h2-13,21-22H,14-18H2,1H3. The molecule has 0 unspecified atom stereocenters. The topological polar surface area (TPSA) is 12.5 Å². The normalized spacial score (nSPS) is 16.9. The first-order chi connectivity index (χ1) is 11.9. The molecule has 1 saturated heterocycles. The smallest absolute Gasteiger partial charge is 0.108 e. The lowest BCUT2D eigenvalue weighted by Crippen LogP contribution is -2.37. The van der Waals surface area contributed by atoms with Gasteiger partial charge >= 0.3 is 0 Å². The van der Waals surface area contributed by atoms with E-state index in [0.717, 1.165) is 32.5 Å². The molecule has 2 aromatic carbocycles. The van der Waals surface area contributed by atoms with Crippen molar-refractivity contribution in [2.75, 3.05) is 19.6 Å². The molecule has 0 saturated carbocycles. The van der Waals surface area contributed by atoms with Crippen molar-refractivity contribution >= 4 is 0 Å². The minimum Gasteiger partial charge on any atom is -0.365 e. The summed E-state index contributed by atoms with van der Waals surface area (Å²) in [6.45, 7) is 5.38. The predicted molar refractivity (Wildman–Crippen MR) is 100 cm³/mol. The summed E-state index contributed by atoms with van der Waals surface area (Å²) in [5, 5.41) is 0. The maximum atomic E-state index is 6.57. The zero-order valence-corrected chi connectivity index (χ0v) is 14.5. The van der Waals surface area contributed by atoms with E-state index in [1.54, 1.807) is 0 Å². The maximum absolute atomic E-state index is 6.57. The third-order valence-electron chi connectivity index (χ3n) is 4.67. The molecule has 24 heavy (non-hydrogen) atoms. The molecule has 0 spiro atoms. The summed E-state index contributed by atoms with van der Waals surface area (Å²) in [6.07, 6.45) is 6.93. The van der Waals surface area contributed by atoms with Gasteiger partial charge in [0.25, 0.3) is 0 Å². The van der Waals surface area contributed by atoms with Crippen molar-refractivity contribution in [3.63, 3.8) is 0 Å². The van der Waals surface area contributed by atoms with E-state index in [0.29, 0.717) is 6.10 Å². The highest BCUT2D eigenvalue weighted by atomic mass is 16.5. The van der Waals surface area contributed by atoms with Crippen molar-refractivity contribution in [1.29, 1.82) is 0 Å². The summed E-state index contributed by atoms with van der Waals surface area (Å²) in [4.78, 5) is 2.50. The van der Waals surface area contributed by atoms with Gasteiger partial charge in [-0.25, -0.2) is 0 Å². The molecular formula is C22H27NO. The van der Waals surface area contributed by atoms with E-state index in [1.807, 2.05) is 0 Å². The first-order valence-corrected chi connectivity index (χ1v) is 8.95. The molecule has 0 amide bonds. The Balaban J connectivity index is 1.67. The van der Waals surface area contributed by atoms with Crippen LogP contribution < -0.4 is 0 Å². The number of nitrogens with zero attached hydrogens (tertiary/aromatic N) is 1. The SMILES string of the molecule is CC=CCN1CCC(OC(c2ccccc2)c2ccccc2)CC1. The van der Waals surface area contributed by atoms with E-state index in [-0.39, 0.29) is 6.10 Å². The van der Waals surface area contributed by atoms with Crippen molar-refractivity contribution in [3.05, 3.63) is 83.9 Å². The third kappa shape index (κ3) is 4.56. The summed E-state index contributed by atoms with van der Waals surface area (Å²) in [5.74, 6) is 0. The molecule has 0 bridgehead atoms. The van der Waals surface area contributed by atoms with Crippen LogP contribution in [0.2, 0.25) is 0 Å². The highest BCUT2D eigenvalue weighted by Gasteiger charge is 2.24. The average molecular weight is 321 g/mol. The molecular weight excluding hydrogens is 294 g/mol. The second-order valence-electron chi connectivity index (χ2n) is 6.41. The number of piperidine rings is 1. The second-order valence-corrected chi connectivity index (χ2v) is 6.41. The Hall–Kier alpha value is -1.90. The number of benzene rings is 2. The summed E-state index contributed by atoms with van der Waals surface area (Å²) in [6, 6.07) is 21.2. The molecule has 2 aromatic rings. The summed E-state index contributed by atoms with van der Waals surface area (Å²) in [5.41, 5.74) is 2.47. The highest BCUT2D eigenvalue weighted by molar-refractivity contribution is 5.30. The van der Waals surface area contributed by atoms with E-state index < -0.39 is 0 Å². The lowest BCUT2D eigenvalue weighted by Gasteiger charge is -2.33. The molecule has 0 radical (unpaired) electrons. The Kier molecular flexibility index (Phi) is 6.22. The van der Waals surface area contributed by atoms with Gasteiger partial charge in [-0.05, 0) is 30.9 Å². The summed E-state index contributed by atoms with van der Waals surface area (Å²) >= 11 is 0. The van der Waals surface area contributed by atoms with Crippen LogP contribution in [0.3, 0.4) is 0 Å². The van der Waals surface area contributed by atoms with Crippen molar-refractivity contribution in [2.24, 2.45) is 0 Å². The predicted octanol–water partition coefficient (Wildman–Crippen LogP) is 4.83. The minimum atomic E-state index is 0.0273. The van der Waals surface area contributed by atoms with E-state index in [2.05, 4.69) is 84.6 Å². The van der Waals surface area contributed by atoms with Crippen LogP contribution in [0.25, 0.3) is 0 Å². The fraction of sp³-hybridized carbons (Fsp3) is 0.364. The quantitative estimate of drug-likeness (QED) is 0.706. The first kappa shape index (κ1) is 16.9. The van der Waals surface area contributed by atoms with Gasteiger partial charge in [0.2, 0.25) is 0 Å². The molecule has 1 aliphatic heterocycles. The third-order valence-corrected chi connectivity index (χ3v) is 4.67. The van der Waals surface area contributed by atoms with Gasteiger partial charge in [-0.3, -0.25) is 4.90 Å². The Morgan fingerprint density at radius 3 is 2.00 bits per heavy atom. The molecule has 1 heterocycles. The zero-order valence-electron chi connectivity index (χ0n) is 14.5. The lowest BCUT2D eigenvalue weighted by atomic mass is 10.00. The lowest BCUT2D eigenvalue weighted by molar-refractivity contribution is -0.0253. The molecule has 3 rings (SSSR count). The molecule has 0 aromatic heterocycles. The van der Waals surface area contributed by atoms with E-state index in [1.165, 1.54) is 11.1 Å². The highest BCUT2D eigenvalue weighted by Crippen LogP contribution is 2.29. The minimum absolute atomic E-state index is 0.0273. The van der Waals surface area contributed by atoms with Gasteiger partial charge in [0.05, 0.1) is 6.10 Å². The first-order valence-electron chi connectivity index (χ1n) is 8.95. The van der Waals surface area contributed by atoms with Crippen LogP contribution in [0.15, 0.2) is 72.8 Å². The van der Waals surface area contributed by atoms with Gasteiger partial charge in [0, 0.05) is 19.6 Å². The van der Waals surface area contributed by atoms with Gasteiger partial charge in [-0.15, -0.1) is 0 Å². The van der Waals surface area contributed by atoms with Gasteiger partial charge in [0.15, 0.2) is 0 Å². The monoisotopic (exact) mass is 321 g/mol. The fourth-order valence-electron chi connectivity index (χ4n) is 3.28. The summed E-state index contributed by atoms with van der Waals surface area (Å²) in [7, 11) is 0. The van der Waals surface area contributed by atoms with E-state index >= 15 is 0 Å². The van der Waals surface area contributed by atoms with E-state index in [4.69, 9.17) is 4.74 Å². The number of ether oxygens (including phenoxy) is 1. The van der Waals surface area contributed by atoms with Gasteiger partial charge in [-0.2, -0.15) is 0 Å². The number of hydrogen-bond acceptors (Lipinski definition) is 2. The molecule has 2 heteroatoms. The maximum Gasteiger partial charge on any atom is 0.108 e. The number of hydrogen-bond donors (Lipinski definition) is 0. The summed E-state index contributed by atoms with van der Waals surface area (Å²) < 4.78 is 6.57. The molecule has 0 N–H and O–H groups in total. The number of allylic oxidation sites excluding steroid dienone is 1. The van der Waals surface area contributed by atoms with E-state index in [9.17, 15) is 0 Å². The zero-order chi connectivity index (χ0) is 16.6. The second kappa shape index (κ2) is 8.81. The van der Waals surface area contributed by atoms with Crippen LogP contribution in [0.5, 0.6) is 0 Å². The molecule has 2 nitrogen and oxygen atoms in total. The van der Waals surface area contributed by atoms with Crippen molar-refractivity contribution < 1.29 is 4.74 Å². The molecule has 0 aliphatic carbocycles. The largest absolute Gasteiger partial charge is 0.365 e. The van der Waals surface area contributed by atoms with Crippen LogP contribution in [0.4, 0.5) is 0 Å². The fourth-order valence-corrected chi connectivity index (χ4v) is 3.28. The van der Waals surface area contributed by atoms with Gasteiger partial charge < -0.3 is 4.74 Å². The Morgan fingerprint density at radius 2 is 1.50 bits per heavy atom. The van der Waals surface area contributed by atoms with Gasteiger partial charge in [0.1, 0.15) is 6.10 Å². The van der Waals surface area contributed by atoms with Crippen LogP contribution in [-0.4, -0.2) is 30.6 Å².